The van der Waals surface area contributed by atoms with Gasteiger partial charge in [0.2, 0.25) is 0 Å². The van der Waals surface area contributed by atoms with E-state index in [1.54, 1.807) is 4.90 Å². The van der Waals surface area contributed by atoms with Crippen LogP contribution >= 0.6 is 0 Å². The molecule has 1 fully saturated rings. The minimum absolute atomic E-state index is 0.0385. The lowest BCUT2D eigenvalue weighted by Crippen LogP contribution is -2.54. The Kier molecular flexibility index (Phi) is 4.31. The average molecular weight is 270 g/mol. The second-order valence-electron chi connectivity index (χ2n) is 5.77. The third-order valence-corrected chi connectivity index (χ3v) is 2.96. The molecular formula is C13H22N2O4. The summed E-state index contributed by atoms with van der Waals surface area (Å²) in [7, 11) is 0. The molecule has 2 heterocycles. The Bertz CT molecular complexity index is 362. The summed E-state index contributed by atoms with van der Waals surface area (Å²) in [6.07, 6.45) is 2.27. The van der Waals surface area contributed by atoms with Gasteiger partial charge < -0.3 is 19.8 Å². The molecule has 1 N–H and O–H groups in total. The van der Waals surface area contributed by atoms with Crippen LogP contribution in [-0.2, 0) is 14.5 Å². The van der Waals surface area contributed by atoms with Gasteiger partial charge in [-0.05, 0) is 26.8 Å². The molecule has 0 aromatic carbocycles. The highest BCUT2D eigenvalue weighted by atomic mass is 17.2. The molecule has 0 spiro atoms. The van der Waals surface area contributed by atoms with Gasteiger partial charge >= 0.3 is 6.09 Å². The van der Waals surface area contributed by atoms with Crippen LogP contribution in [0, 0.1) is 0 Å². The average Bonchev–Trinajstić information content (AvgIpc) is 2.80. The fourth-order valence-corrected chi connectivity index (χ4v) is 2.12. The van der Waals surface area contributed by atoms with Crippen molar-refractivity contribution in [1.82, 2.24) is 10.2 Å². The molecular weight excluding hydrogens is 248 g/mol. The van der Waals surface area contributed by atoms with Gasteiger partial charge in [-0.1, -0.05) is 0 Å². The zero-order valence-corrected chi connectivity index (χ0v) is 11.8. The van der Waals surface area contributed by atoms with Crippen LogP contribution in [0.3, 0.4) is 0 Å². The van der Waals surface area contributed by atoms with Gasteiger partial charge in [0.05, 0.1) is 6.04 Å². The van der Waals surface area contributed by atoms with E-state index in [4.69, 9.17) is 14.5 Å². The van der Waals surface area contributed by atoms with E-state index >= 15 is 0 Å². The largest absolute Gasteiger partial charge is 0.444 e. The number of carbonyl (C=O) groups is 1. The van der Waals surface area contributed by atoms with E-state index in [0.717, 1.165) is 18.8 Å². The Balaban J connectivity index is 1.96. The third kappa shape index (κ3) is 4.11. The Morgan fingerprint density at radius 3 is 3.00 bits per heavy atom. The maximum Gasteiger partial charge on any atom is 0.410 e. The summed E-state index contributed by atoms with van der Waals surface area (Å²) >= 11 is 0. The van der Waals surface area contributed by atoms with Crippen LogP contribution in [0.4, 0.5) is 4.79 Å². The van der Waals surface area contributed by atoms with Crippen LogP contribution in [-0.4, -0.2) is 48.9 Å². The van der Waals surface area contributed by atoms with Crippen LogP contribution in [0.2, 0.25) is 0 Å². The number of hydrogen-bond acceptors (Lipinski definition) is 5. The number of rotatable bonds is 2. The fourth-order valence-electron chi connectivity index (χ4n) is 2.12. The van der Waals surface area contributed by atoms with Crippen molar-refractivity contribution in [2.75, 3.05) is 26.2 Å². The van der Waals surface area contributed by atoms with Crippen LogP contribution < -0.4 is 5.32 Å². The molecule has 0 aromatic rings. The summed E-state index contributed by atoms with van der Waals surface area (Å²) < 4.78 is 5.44. The quantitative estimate of drug-likeness (QED) is 0.769. The second-order valence-corrected chi connectivity index (χ2v) is 5.77. The molecule has 0 aliphatic carbocycles. The Morgan fingerprint density at radius 2 is 2.37 bits per heavy atom. The first kappa shape index (κ1) is 14.1. The highest BCUT2D eigenvalue weighted by Crippen LogP contribution is 2.20. The van der Waals surface area contributed by atoms with Crippen molar-refractivity contribution in [2.45, 2.75) is 38.8 Å². The fraction of sp³-hybridized carbons (Fsp3) is 0.769. The summed E-state index contributed by atoms with van der Waals surface area (Å²) in [6.45, 7) is 8.26. The summed E-state index contributed by atoms with van der Waals surface area (Å²) in [4.78, 5) is 23.8. The van der Waals surface area contributed by atoms with Gasteiger partial charge in [0.25, 0.3) is 0 Å². The lowest BCUT2D eigenvalue weighted by atomic mass is 10.1. The molecule has 1 amide bonds. The van der Waals surface area contributed by atoms with Crippen LogP contribution in [0.1, 0.15) is 27.2 Å². The Hall–Kier alpha value is -1.27. The lowest BCUT2D eigenvalue weighted by Gasteiger charge is -2.37. The van der Waals surface area contributed by atoms with Gasteiger partial charge in [0.15, 0.2) is 0 Å². The smallest absolute Gasteiger partial charge is 0.410 e. The van der Waals surface area contributed by atoms with Crippen LogP contribution in [0.15, 0.2) is 11.8 Å². The number of ether oxygens (including phenoxy) is 1. The molecule has 6 nitrogen and oxygen atoms in total. The van der Waals surface area contributed by atoms with Crippen molar-refractivity contribution in [3.63, 3.8) is 0 Å². The molecule has 0 aromatic heterocycles. The number of nitrogens with one attached hydrogen (secondary N) is 1. The molecule has 19 heavy (non-hydrogen) atoms. The maximum absolute atomic E-state index is 12.2. The van der Waals surface area contributed by atoms with Crippen molar-refractivity contribution < 1.29 is 19.3 Å². The van der Waals surface area contributed by atoms with Gasteiger partial charge in [-0.2, -0.15) is 4.89 Å². The lowest BCUT2D eigenvalue weighted by molar-refractivity contribution is -0.236. The SMILES string of the molecule is CC(C)(C)OC(=O)N1CCNCC1CC1=CCOO1. The van der Waals surface area contributed by atoms with Crippen molar-refractivity contribution in [1.29, 1.82) is 0 Å². The monoisotopic (exact) mass is 270 g/mol. The van der Waals surface area contributed by atoms with E-state index in [-0.39, 0.29) is 12.1 Å². The zero-order chi connectivity index (χ0) is 13.9. The first-order valence-corrected chi connectivity index (χ1v) is 6.64. The van der Waals surface area contributed by atoms with E-state index in [1.165, 1.54) is 0 Å². The Labute approximate surface area is 113 Å². The predicted octanol–water partition coefficient (Wildman–Crippen LogP) is 1.43. The molecule has 1 unspecified atom stereocenters. The van der Waals surface area contributed by atoms with Crippen LogP contribution in [0.5, 0.6) is 0 Å². The maximum atomic E-state index is 12.2. The van der Waals surface area contributed by atoms with Gasteiger partial charge in [0.1, 0.15) is 18.0 Å². The highest BCUT2D eigenvalue weighted by Gasteiger charge is 2.31. The molecule has 108 valence electrons. The number of amides is 1. The van der Waals surface area contributed by atoms with Gasteiger partial charge in [-0.3, -0.25) is 0 Å². The normalized spacial score (nSPS) is 23.8. The molecule has 0 bridgehead atoms. The highest BCUT2D eigenvalue weighted by molar-refractivity contribution is 5.68. The molecule has 2 aliphatic rings. The van der Waals surface area contributed by atoms with Crippen molar-refractivity contribution >= 4 is 6.09 Å². The van der Waals surface area contributed by atoms with E-state index < -0.39 is 5.60 Å². The minimum Gasteiger partial charge on any atom is -0.444 e. The number of hydrogen-bond donors (Lipinski definition) is 1. The molecule has 2 rings (SSSR count). The van der Waals surface area contributed by atoms with E-state index in [9.17, 15) is 4.79 Å². The Morgan fingerprint density at radius 1 is 1.58 bits per heavy atom. The van der Waals surface area contributed by atoms with Crippen molar-refractivity contribution in [2.24, 2.45) is 0 Å². The van der Waals surface area contributed by atoms with Gasteiger partial charge in [-0.15, -0.1) is 0 Å². The first-order valence-electron chi connectivity index (χ1n) is 6.64. The first-order chi connectivity index (χ1) is 8.96. The molecule has 0 saturated carbocycles. The summed E-state index contributed by atoms with van der Waals surface area (Å²) in [6, 6.07) is 0.0385. The molecule has 2 aliphatic heterocycles. The third-order valence-electron chi connectivity index (χ3n) is 2.96. The molecule has 1 atom stereocenters. The minimum atomic E-state index is -0.473. The van der Waals surface area contributed by atoms with E-state index in [1.807, 2.05) is 26.8 Å². The van der Waals surface area contributed by atoms with E-state index in [0.29, 0.717) is 19.6 Å². The van der Waals surface area contributed by atoms with Crippen LogP contribution in [0.25, 0.3) is 0 Å². The predicted molar refractivity (Wildman–Crippen MR) is 69.3 cm³/mol. The van der Waals surface area contributed by atoms with E-state index in [2.05, 4.69) is 5.32 Å². The molecule has 0 radical (unpaired) electrons. The number of piperazine rings is 1. The second kappa shape index (κ2) is 5.79. The van der Waals surface area contributed by atoms with Crippen molar-refractivity contribution in [3.05, 3.63) is 11.8 Å². The molecule has 6 heteroatoms. The number of carbonyl (C=O) groups excluding carboxylic acids is 1. The summed E-state index contributed by atoms with van der Waals surface area (Å²) in [5.74, 6) is 0.780. The van der Waals surface area contributed by atoms with Crippen molar-refractivity contribution in [3.8, 4) is 0 Å². The summed E-state index contributed by atoms with van der Waals surface area (Å²) in [5, 5.41) is 3.28. The van der Waals surface area contributed by atoms with Gasteiger partial charge in [0, 0.05) is 26.1 Å². The topological polar surface area (TPSA) is 60.0 Å². The number of nitrogens with zero attached hydrogens (tertiary/aromatic N) is 1. The standard InChI is InChI=1S/C13H22N2O4/c1-13(2,3)18-12(16)15-6-5-14-9-10(15)8-11-4-7-17-19-11/h4,10,14H,5-9H2,1-3H3. The summed E-state index contributed by atoms with van der Waals surface area (Å²) in [5.41, 5.74) is -0.473. The molecule has 1 saturated heterocycles. The van der Waals surface area contributed by atoms with Gasteiger partial charge in [-0.25, -0.2) is 4.79 Å². The zero-order valence-electron chi connectivity index (χ0n) is 11.8.